The number of nitrogens with one attached hydrogen (secondary N) is 2. The third-order valence-electron chi connectivity index (χ3n) is 3.79. The molecule has 0 fully saturated rings. The van der Waals surface area contributed by atoms with Crippen LogP contribution in [0, 0.1) is 24.0 Å². The fraction of sp³-hybridized carbons (Fsp3) is 0.125. The van der Waals surface area contributed by atoms with Crippen LogP contribution in [-0.4, -0.2) is 14.9 Å². The summed E-state index contributed by atoms with van der Waals surface area (Å²) in [5.74, 6) is 0. The summed E-state index contributed by atoms with van der Waals surface area (Å²) in [5.41, 5.74) is 2.47. The molecule has 0 spiro atoms. The monoisotopic (exact) mass is 310 g/mol. The standard InChI is InChI=1S/C16H14N4O3/c1-9-7-13(10(2)11-3-6-18-16(21)15(9)11)19-12-4-5-17-8-14(12)20(22)23/h3-8H,1-2H3,(H,17,19)(H,18,21). The highest BCUT2D eigenvalue weighted by Gasteiger charge is 2.16. The van der Waals surface area contributed by atoms with E-state index in [9.17, 15) is 14.9 Å². The normalized spacial score (nSPS) is 10.7. The average Bonchev–Trinajstić information content (AvgIpc) is 2.52. The van der Waals surface area contributed by atoms with Crippen LogP contribution in [0.25, 0.3) is 10.8 Å². The van der Waals surface area contributed by atoms with E-state index < -0.39 is 4.92 Å². The van der Waals surface area contributed by atoms with Crippen molar-refractivity contribution in [3.05, 3.63) is 68.4 Å². The summed E-state index contributed by atoms with van der Waals surface area (Å²) in [6.45, 7) is 3.71. The van der Waals surface area contributed by atoms with Gasteiger partial charge in [0.05, 0.1) is 10.3 Å². The SMILES string of the molecule is Cc1c(Nc2ccncc2[N+](=O)[O-])cc(C)c2c(=O)[nH]ccc12. The van der Waals surface area contributed by atoms with Crippen molar-refractivity contribution in [3.63, 3.8) is 0 Å². The van der Waals surface area contributed by atoms with Gasteiger partial charge in [0.1, 0.15) is 11.9 Å². The number of aromatic nitrogens is 2. The van der Waals surface area contributed by atoms with Crippen molar-refractivity contribution in [2.75, 3.05) is 5.32 Å². The topological polar surface area (TPSA) is 101 Å². The number of H-pyrrole nitrogens is 1. The molecule has 3 rings (SSSR count). The van der Waals surface area contributed by atoms with Crippen LogP contribution in [-0.2, 0) is 0 Å². The van der Waals surface area contributed by atoms with Gasteiger partial charge >= 0.3 is 5.69 Å². The van der Waals surface area contributed by atoms with Crippen molar-refractivity contribution in [1.29, 1.82) is 0 Å². The molecular weight excluding hydrogens is 296 g/mol. The van der Waals surface area contributed by atoms with E-state index in [1.165, 1.54) is 12.4 Å². The summed E-state index contributed by atoms with van der Waals surface area (Å²) in [4.78, 5) is 29.1. The van der Waals surface area contributed by atoms with Crippen LogP contribution in [0.3, 0.4) is 0 Å². The molecule has 0 aliphatic carbocycles. The predicted molar refractivity (Wildman–Crippen MR) is 88.2 cm³/mol. The fourth-order valence-corrected chi connectivity index (χ4v) is 2.64. The molecule has 7 heteroatoms. The Kier molecular flexibility index (Phi) is 3.53. The lowest BCUT2D eigenvalue weighted by atomic mass is 10.0. The minimum absolute atomic E-state index is 0.101. The fourth-order valence-electron chi connectivity index (χ4n) is 2.64. The summed E-state index contributed by atoms with van der Waals surface area (Å²) in [6.07, 6.45) is 4.29. The number of aromatic amines is 1. The van der Waals surface area contributed by atoms with Crippen LogP contribution >= 0.6 is 0 Å². The molecule has 23 heavy (non-hydrogen) atoms. The smallest absolute Gasteiger partial charge is 0.310 e. The third-order valence-corrected chi connectivity index (χ3v) is 3.79. The molecule has 3 aromatic rings. The number of hydrogen-bond donors (Lipinski definition) is 2. The molecule has 2 aromatic heterocycles. The van der Waals surface area contributed by atoms with Gasteiger partial charge in [0.25, 0.3) is 5.56 Å². The molecule has 0 unspecified atom stereocenters. The number of hydrogen-bond acceptors (Lipinski definition) is 5. The van der Waals surface area contributed by atoms with Crippen LogP contribution in [0.2, 0.25) is 0 Å². The quantitative estimate of drug-likeness (QED) is 0.571. The van der Waals surface area contributed by atoms with Gasteiger partial charge in [-0.1, -0.05) is 0 Å². The van der Waals surface area contributed by atoms with Crippen LogP contribution in [0.1, 0.15) is 11.1 Å². The van der Waals surface area contributed by atoms with E-state index in [1.807, 2.05) is 26.0 Å². The highest BCUT2D eigenvalue weighted by atomic mass is 16.6. The number of nitrogens with zero attached hydrogens (tertiary/aromatic N) is 2. The molecule has 0 saturated carbocycles. The number of aryl methyl sites for hydroxylation is 2. The zero-order valence-corrected chi connectivity index (χ0v) is 12.6. The predicted octanol–water partition coefficient (Wildman–Crippen LogP) is 3.19. The second-order valence-corrected chi connectivity index (χ2v) is 5.24. The van der Waals surface area contributed by atoms with Crippen molar-refractivity contribution in [3.8, 4) is 0 Å². The molecule has 2 heterocycles. The van der Waals surface area contributed by atoms with E-state index >= 15 is 0 Å². The molecule has 0 amide bonds. The lowest BCUT2D eigenvalue weighted by molar-refractivity contribution is -0.384. The molecule has 0 saturated heterocycles. The van der Waals surface area contributed by atoms with E-state index in [1.54, 1.807) is 12.3 Å². The Bertz CT molecular complexity index is 979. The van der Waals surface area contributed by atoms with Crippen LogP contribution < -0.4 is 10.9 Å². The maximum absolute atomic E-state index is 12.0. The average molecular weight is 310 g/mol. The Hall–Kier alpha value is -3.22. The number of benzene rings is 1. The van der Waals surface area contributed by atoms with Gasteiger partial charge < -0.3 is 10.3 Å². The second kappa shape index (κ2) is 5.53. The van der Waals surface area contributed by atoms with E-state index in [0.717, 1.165) is 22.2 Å². The highest BCUT2D eigenvalue weighted by Crippen LogP contribution is 2.31. The first-order chi connectivity index (χ1) is 11.0. The Balaban J connectivity index is 2.18. The number of anilines is 2. The number of pyridine rings is 2. The van der Waals surface area contributed by atoms with Gasteiger partial charge in [-0.05, 0) is 48.6 Å². The van der Waals surface area contributed by atoms with Crippen LogP contribution in [0.5, 0.6) is 0 Å². The van der Waals surface area contributed by atoms with Gasteiger partial charge in [0.15, 0.2) is 0 Å². The number of nitro groups is 1. The molecule has 116 valence electrons. The molecular formula is C16H14N4O3. The summed E-state index contributed by atoms with van der Waals surface area (Å²) in [5, 5.41) is 15.6. The van der Waals surface area contributed by atoms with Crippen molar-refractivity contribution in [2.24, 2.45) is 0 Å². The van der Waals surface area contributed by atoms with E-state index in [4.69, 9.17) is 0 Å². The molecule has 0 atom stereocenters. The van der Waals surface area contributed by atoms with E-state index in [0.29, 0.717) is 11.1 Å². The minimum Gasteiger partial charge on any atom is -0.350 e. The van der Waals surface area contributed by atoms with E-state index in [-0.39, 0.29) is 11.2 Å². The van der Waals surface area contributed by atoms with Crippen LogP contribution in [0.4, 0.5) is 17.1 Å². The first kappa shape index (κ1) is 14.7. The Morgan fingerprint density at radius 2 is 2.04 bits per heavy atom. The third kappa shape index (κ3) is 2.52. The Labute approximate surface area is 131 Å². The van der Waals surface area contributed by atoms with Gasteiger partial charge in [-0.15, -0.1) is 0 Å². The van der Waals surface area contributed by atoms with Gasteiger partial charge in [-0.25, -0.2) is 0 Å². The summed E-state index contributed by atoms with van der Waals surface area (Å²) < 4.78 is 0. The molecule has 2 N–H and O–H groups in total. The first-order valence-corrected chi connectivity index (χ1v) is 6.96. The zero-order valence-electron chi connectivity index (χ0n) is 12.6. The Morgan fingerprint density at radius 3 is 2.78 bits per heavy atom. The van der Waals surface area contributed by atoms with Gasteiger partial charge in [-0.2, -0.15) is 0 Å². The molecule has 0 radical (unpaired) electrons. The number of rotatable bonds is 3. The van der Waals surface area contributed by atoms with Gasteiger partial charge in [0.2, 0.25) is 0 Å². The van der Waals surface area contributed by atoms with Crippen molar-refractivity contribution >= 4 is 27.8 Å². The maximum Gasteiger partial charge on any atom is 0.310 e. The van der Waals surface area contributed by atoms with Crippen molar-refractivity contribution in [2.45, 2.75) is 13.8 Å². The first-order valence-electron chi connectivity index (χ1n) is 6.96. The largest absolute Gasteiger partial charge is 0.350 e. The molecule has 7 nitrogen and oxygen atoms in total. The molecule has 0 aliphatic rings. The number of fused-ring (bicyclic) bond motifs is 1. The molecule has 0 aliphatic heterocycles. The van der Waals surface area contributed by atoms with Gasteiger partial charge in [0, 0.05) is 18.1 Å². The maximum atomic E-state index is 12.0. The van der Waals surface area contributed by atoms with Crippen LogP contribution in [0.15, 0.2) is 41.6 Å². The Morgan fingerprint density at radius 1 is 1.26 bits per heavy atom. The highest BCUT2D eigenvalue weighted by molar-refractivity contribution is 5.93. The summed E-state index contributed by atoms with van der Waals surface area (Å²) in [6, 6.07) is 5.19. The van der Waals surface area contributed by atoms with Crippen molar-refractivity contribution < 1.29 is 4.92 Å². The minimum atomic E-state index is -0.483. The van der Waals surface area contributed by atoms with E-state index in [2.05, 4.69) is 15.3 Å². The van der Waals surface area contributed by atoms with Crippen molar-refractivity contribution in [1.82, 2.24) is 9.97 Å². The summed E-state index contributed by atoms with van der Waals surface area (Å²) in [7, 11) is 0. The van der Waals surface area contributed by atoms with Gasteiger partial charge in [-0.3, -0.25) is 19.9 Å². The summed E-state index contributed by atoms with van der Waals surface area (Å²) >= 11 is 0. The lowest BCUT2D eigenvalue weighted by Crippen LogP contribution is -2.08. The molecule has 1 aromatic carbocycles. The lowest BCUT2D eigenvalue weighted by Gasteiger charge is -2.13. The zero-order chi connectivity index (χ0) is 16.6. The second-order valence-electron chi connectivity index (χ2n) is 5.24. The molecule has 0 bridgehead atoms.